The topological polar surface area (TPSA) is 67.0 Å². The van der Waals surface area contributed by atoms with Crippen molar-refractivity contribution in [3.63, 3.8) is 0 Å². The van der Waals surface area contributed by atoms with E-state index in [4.69, 9.17) is 4.74 Å². The van der Waals surface area contributed by atoms with Crippen LogP contribution in [0.3, 0.4) is 0 Å². The number of hydrogen-bond donors (Lipinski definition) is 2. The normalized spacial score (nSPS) is 11.8. The van der Waals surface area contributed by atoms with Crippen molar-refractivity contribution >= 4 is 5.91 Å². The van der Waals surface area contributed by atoms with Crippen LogP contribution in [0.4, 0.5) is 0 Å². The van der Waals surface area contributed by atoms with Gasteiger partial charge in [0.1, 0.15) is 11.4 Å². The van der Waals surface area contributed by atoms with Crippen LogP contribution in [0.5, 0.6) is 5.75 Å². The lowest BCUT2D eigenvalue weighted by Crippen LogP contribution is -2.26. The second kappa shape index (κ2) is 7.66. The highest BCUT2D eigenvalue weighted by molar-refractivity contribution is 5.93. The van der Waals surface area contributed by atoms with Crippen LogP contribution in [-0.4, -0.2) is 22.7 Å². The van der Waals surface area contributed by atoms with E-state index >= 15 is 0 Å². The van der Waals surface area contributed by atoms with Crippen LogP contribution in [0.15, 0.2) is 60.7 Å². The summed E-state index contributed by atoms with van der Waals surface area (Å²) in [5.74, 6) is 0.641. The first-order valence-corrected chi connectivity index (χ1v) is 8.32. The van der Waals surface area contributed by atoms with Gasteiger partial charge in [0.05, 0.1) is 18.3 Å². The zero-order valence-electron chi connectivity index (χ0n) is 14.3. The molecule has 128 valence electrons. The summed E-state index contributed by atoms with van der Waals surface area (Å²) in [6.07, 6.45) is 0. The van der Waals surface area contributed by atoms with E-state index < -0.39 is 0 Å². The number of amides is 1. The van der Waals surface area contributed by atoms with Gasteiger partial charge in [-0.1, -0.05) is 42.5 Å². The summed E-state index contributed by atoms with van der Waals surface area (Å²) in [4.78, 5) is 12.4. The van der Waals surface area contributed by atoms with Gasteiger partial charge in [-0.25, -0.2) is 0 Å². The van der Waals surface area contributed by atoms with Crippen molar-refractivity contribution in [2.45, 2.75) is 19.9 Å². The Bertz CT molecular complexity index is 826. The number of H-pyrrole nitrogens is 1. The minimum absolute atomic E-state index is 0.119. The summed E-state index contributed by atoms with van der Waals surface area (Å²) >= 11 is 0. The molecule has 5 heteroatoms. The van der Waals surface area contributed by atoms with Gasteiger partial charge in [0, 0.05) is 5.56 Å². The van der Waals surface area contributed by atoms with Crippen LogP contribution >= 0.6 is 0 Å². The fraction of sp³-hybridized carbons (Fsp3) is 0.200. The van der Waals surface area contributed by atoms with Crippen LogP contribution in [0.1, 0.15) is 35.9 Å². The molecule has 0 fully saturated rings. The summed E-state index contributed by atoms with van der Waals surface area (Å²) in [5, 5.41) is 10.00. The zero-order chi connectivity index (χ0) is 17.6. The molecule has 1 heterocycles. The maximum Gasteiger partial charge on any atom is 0.269 e. The summed E-state index contributed by atoms with van der Waals surface area (Å²) in [5.41, 5.74) is 3.17. The number of carbonyl (C=O) groups excluding carboxylic acids is 1. The molecule has 0 spiro atoms. The maximum absolute atomic E-state index is 12.4. The second-order valence-electron chi connectivity index (χ2n) is 5.73. The van der Waals surface area contributed by atoms with Gasteiger partial charge in [0.15, 0.2) is 0 Å². The van der Waals surface area contributed by atoms with Crippen LogP contribution in [-0.2, 0) is 0 Å². The number of benzene rings is 2. The third-order valence-corrected chi connectivity index (χ3v) is 3.93. The first-order valence-electron chi connectivity index (χ1n) is 8.32. The van der Waals surface area contributed by atoms with Crippen LogP contribution in [0, 0.1) is 0 Å². The lowest BCUT2D eigenvalue weighted by atomic mass is 10.1. The number of hydrogen-bond acceptors (Lipinski definition) is 3. The molecule has 1 atom stereocenters. The monoisotopic (exact) mass is 335 g/mol. The molecule has 1 aromatic heterocycles. The van der Waals surface area contributed by atoms with Gasteiger partial charge in [0.2, 0.25) is 0 Å². The van der Waals surface area contributed by atoms with E-state index in [1.54, 1.807) is 6.07 Å². The van der Waals surface area contributed by atoms with Gasteiger partial charge >= 0.3 is 0 Å². The highest BCUT2D eigenvalue weighted by atomic mass is 16.5. The van der Waals surface area contributed by atoms with Crippen LogP contribution in [0.25, 0.3) is 11.3 Å². The first-order chi connectivity index (χ1) is 12.2. The van der Waals surface area contributed by atoms with Crippen molar-refractivity contribution in [3.05, 3.63) is 71.9 Å². The number of nitrogens with one attached hydrogen (secondary N) is 2. The Balaban J connectivity index is 1.66. The van der Waals surface area contributed by atoms with E-state index in [-0.39, 0.29) is 11.9 Å². The molecule has 0 unspecified atom stereocenters. The van der Waals surface area contributed by atoms with Crippen molar-refractivity contribution in [1.82, 2.24) is 15.5 Å². The van der Waals surface area contributed by atoms with E-state index in [1.807, 2.05) is 68.4 Å². The lowest BCUT2D eigenvalue weighted by molar-refractivity contribution is 0.0935. The molecule has 3 aromatic rings. The van der Waals surface area contributed by atoms with Crippen molar-refractivity contribution in [3.8, 4) is 17.0 Å². The summed E-state index contributed by atoms with van der Waals surface area (Å²) in [7, 11) is 0. The number of nitrogens with zero attached hydrogens (tertiary/aromatic N) is 1. The van der Waals surface area contributed by atoms with E-state index in [9.17, 15) is 4.79 Å². The van der Waals surface area contributed by atoms with E-state index in [1.165, 1.54) is 0 Å². The summed E-state index contributed by atoms with van der Waals surface area (Å²) in [6, 6.07) is 19.1. The van der Waals surface area contributed by atoms with Crippen molar-refractivity contribution in [2.75, 3.05) is 6.61 Å². The van der Waals surface area contributed by atoms with Crippen molar-refractivity contribution in [2.24, 2.45) is 0 Å². The Kier molecular flexibility index (Phi) is 5.14. The maximum atomic E-state index is 12.4. The quantitative estimate of drug-likeness (QED) is 0.716. The van der Waals surface area contributed by atoms with Crippen LogP contribution < -0.4 is 10.1 Å². The Morgan fingerprint density at radius 3 is 2.56 bits per heavy atom. The SMILES string of the molecule is CCOc1ccc([C@H](C)NC(=O)c2cc(-c3ccccc3)n[nH]2)cc1. The molecule has 0 aliphatic rings. The molecular formula is C20H21N3O2. The molecule has 1 amide bonds. The number of carbonyl (C=O) groups is 1. The number of rotatable bonds is 6. The van der Waals surface area contributed by atoms with Gasteiger partial charge in [0.25, 0.3) is 5.91 Å². The Morgan fingerprint density at radius 2 is 1.88 bits per heavy atom. The molecule has 0 aliphatic heterocycles. The number of aromatic amines is 1. The van der Waals surface area contributed by atoms with Gasteiger partial charge < -0.3 is 10.1 Å². The van der Waals surface area contributed by atoms with Gasteiger partial charge in [-0.15, -0.1) is 0 Å². The molecule has 2 aromatic carbocycles. The lowest BCUT2D eigenvalue weighted by Gasteiger charge is -2.14. The number of ether oxygens (including phenoxy) is 1. The molecule has 2 N–H and O–H groups in total. The fourth-order valence-electron chi connectivity index (χ4n) is 2.57. The largest absolute Gasteiger partial charge is 0.494 e. The average Bonchev–Trinajstić information content (AvgIpc) is 3.13. The number of aromatic nitrogens is 2. The summed E-state index contributed by atoms with van der Waals surface area (Å²) in [6.45, 7) is 4.53. The van der Waals surface area contributed by atoms with Crippen LogP contribution in [0.2, 0.25) is 0 Å². The van der Waals surface area contributed by atoms with E-state index in [0.29, 0.717) is 12.3 Å². The third kappa shape index (κ3) is 4.07. The highest BCUT2D eigenvalue weighted by Gasteiger charge is 2.14. The van der Waals surface area contributed by atoms with Gasteiger partial charge in [-0.05, 0) is 37.6 Å². The van der Waals surface area contributed by atoms with E-state index in [2.05, 4.69) is 15.5 Å². The highest BCUT2D eigenvalue weighted by Crippen LogP contribution is 2.19. The minimum Gasteiger partial charge on any atom is -0.494 e. The minimum atomic E-state index is -0.184. The smallest absolute Gasteiger partial charge is 0.269 e. The molecule has 3 rings (SSSR count). The van der Waals surface area contributed by atoms with Gasteiger partial charge in [-0.2, -0.15) is 5.10 Å². The molecule has 0 aliphatic carbocycles. The molecule has 0 saturated heterocycles. The first kappa shape index (κ1) is 16.8. The molecule has 25 heavy (non-hydrogen) atoms. The molecule has 0 bridgehead atoms. The third-order valence-electron chi connectivity index (χ3n) is 3.93. The predicted octanol–water partition coefficient (Wildman–Crippen LogP) is 3.97. The zero-order valence-corrected chi connectivity index (χ0v) is 14.3. The van der Waals surface area contributed by atoms with Gasteiger partial charge in [-0.3, -0.25) is 9.89 Å². The van der Waals surface area contributed by atoms with Crippen molar-refractivity contribution in [1.29, 1.82) is 0 Å². The fourth-order valence-corrected chi connectivity index (χ4v) is 2.57. The Labute approximate surface area is 147 Å². The van der Waals surface area contributed by atoms with Crippen molar-refractivity contribution < 1.29 is 9.53 Å². The molecular weight excluding hydrogens is 314 g/mol. The predicted molar refractivity (Wildman–Crippen MR) is 97.5 cm³/mol. The molecule has 0 radical (unpaired) electrons. The second-order valence-corrected chi connectivity index (χ2v) is 5.73. The Morgan fingerprint density at radius 1 is 1.16 bits per heavy atom. The average molecular weight is 335 g/mol. The van der Waals surface area contributed by atoms with E-state index in [0.717, 1.165) is 22.6 Å². The molecule has 0 saturated carbocycles. The Hall–Kier alpha value is -3.08. The standard InChI is InChI=1S/C20H21N3O2/c1-3-25-17-11-9-15(10-12-17)14(2)21-20(24)19-13-18(22-23-19)16-7-5-4-6-8-16/h4-14H,3H2,1-2H3,(H,21,24)(H,22,23)/t14-/m0/s1. The molecule has 5 nitrogen and oxygen atoms in total. The summed E-state index contributed by atoms with van der Waals surface area (Å²) < 4.78 is 5.44.